The summed E-state index contributed by atoms with van der Waals surface area (Å²) in [6.45, 7) is 2.19. The maximum absolute atomic E-state index is 5.52. The van der Waals surface area contributed by atoms with E-state index in [4.69, 9.17) is 16.3 Å². The SMILES string of the molecule is CCCCc1ccccc1OCCl. The minimum Gasteiger partial charge on any atom is -0.478 e. The van der Waals surface area contributed by atoms with E-state index < -0.39 is 0 Å². The van der Waals surface area contributed by atoms with E-state index in [1.807, 2.05) is 18.2 Å². The third-order valence-corrected chi connectivity index (χ3v) is 2.09. The summed E-state index contributed by atoms with van der Waals surface area (Å²) in [4.78, 5) is 0. The molecule has 0 saturated carbocycles. The Kier molecular flexibility index (Phi) is 4.69. The first-order valence-electron chi connectivity index (χ1n) is 4.65. The van der Waals surface area contributed by atoms with E-state index in [0.717, 1.165) is 12.2 Å². The Balaban J connectivity index is 2.66. The van der Waals surface area contributed by atoms with Crippen LogP contribution in [0.25, 0.3) is 0 Å². The van der Waals surface area contributed by atoms with Crippen molar-refractivity contribution >= 4 is 11.6 Å². The Hall–Kier alpha value is -0.690. The molecule has 0 fully saturated rings. The van der Waals surface area contributed by atoms with Crippen molar-refractivity contribution in [3.8, 4) is 5.75 Å². The average Bonchev–Trinajstić information content (AvgIpc) is 2.17. The van der Waals surface area contributed by atoms with Crippen LogP contribution in [0.2, 0.25) is 0 Å². The number of halogens is 1. The molecule has 1 aromatic carbocycles. The van der Waals surface area contributed by atoms with Crippen molar-refractivity contribution in [3.63, 3.8) is 0 Å². The van der Waals surface area contributed by atoms with Crippen LogP contribution >= 0.6 is 11.6 Å². The smallest absolute Gasteiger partial charge is 0.162 e. The van der Waals surface area contributed by atoms with Gasteiger partial charge in [0.25, 0.3) is 0 Å². The molecule has 0 aromatic heterocycles. The molecular weight excluding hydrogens is 184 g/mol. The van der Waals surface area contributed by atoms with Gasteiger partial charge in [0.15, 0.2) is 6.07 Å². The van der Waals surface area contributed by atoms with Gasteiger partial charge in [-0.25, -0.2) is 0 Å². The van der Waals surface area contributed by atoms with Gasteiger partial charge >= 0.3 is 0 Å². The summed E-state index contributed by atoms with van der Waals surface area (Å²) in [6, 6.07) is 8.29. The molecule has 0 aliphatic heterocycles. The maximum Gasteiger partial charge on any atom is 0.162 e. The van der Waals surface area contributed by atoms with Crippen LogP contribution in [0.5, 0.6) is 5.75 Å². The third-order valence-electron chi connectivity index (χ3n) is 1.98. The topological polar surface area (TPSA) is 9.23 Å². The zero-order chi connectivity index (χ0) is 9.52. The molecular formula is C11H15ClO. The molecule has 0 radical (unpaired) electrons. The lowest BCUT2D eigenvalue weighted by Gasteiger charge is -2.07. The highest BCUT2D eigenvalue weighted by Crippen LogP contribution is 2.20. The molecule has 0 saturated heterocycles. The number of benzene rings is 1. The Labute approximate surface area is 84.7 Å². The molecule has 1 aromatic rings. The zero-order valence-corrected chi connectivity index (χ0v) is 8.68. The summed E-state index contributed by atoms with van der Waals surface area (Å²) in [5, 5.41) is 0. The number of ether oxygens (including phenoxy) is 1. The summed E-state index contributed by atoms with van der Waals surface area (Å²) < 4.78 is 5.30. The number of alkyl halides is 1. The van der Waals surface area contributed by atoms with Crippen molar-refractivity contribution in [1.82, 2.24) is 0 Å². The Morgan fingerprint density at radius 2 is 2.08 bits per heavy atom. The zero-order valence-electron chi connectivity index (χ0n) is 7.92. The van der Waals surface area contributed by atoms with Gasteiger partial charge in [-0.05, 0) is 24.5 Å². The molecule has 0 atom stereocenters. The second-order valence-electron chi connectivity index (χ2n) is 2.96. The fraction of sp³-hybridized carbons (Fsp3) is 0.455. The molecule has 0 unspecified atom stereocenters. The summed E-state index contributed by atoms with van der Waals surface area (Å²) in [5.74, 6) is 0.922. The van der Waals surface area contributed by atoms with E-state index in [1.54, 1.807) is 0 Å². The van der Waals surface area contributed by atoms with E-state index in [2.05, 4.69) is 13.0 Å². The number of rotatable bonds is 5. The van der Waals surface area contributed by atoms with E-state index >= 15 is 0 Å². The molecule has 0 spiro atoms. The molecule has 0 amide bonds. The molecule has 0 aliphatic carbocycles. The quantitative estimate of drug-likeness (QED) is 0.657. The van der Waals surface area contributed by atoms with Crippen molar-refractivity contribution in [2.45, 2.75) is 26.2 Å². The monoisotopic (exact) mass is 198 g/mol. The van der Waals surface area contributed by atoms with Crippen LogP contribution in [0.1, 0.15) is 25.3 Å². The van der Waals surface area contributed by atoms with Crippen LogP contribution in [0.15, 0.2) is 24.3 Å². The summed E-state index contributed by atoms with van der Waals surface area (Å²) in [7, 11) is 0. The standard InChI is InChI=1S/C11H15ClO/c1-2-3-6-10-7-4-5-8-11(10)13-9-12/h4-5,7-8H,2-3,6,9H2,1H3. The first kappa shape index (κ1) is 10.4. The predicted molar refractivity (Wildman–Crippen MR) is 56.4 cm³/mol. The summed E-state index contributed by atoms with van der Waals surface area (Å²) in [5.41, 5.74) is 1.25. The second-order valence-corrected chi connectivity index (χ2v) is 3.18. The fourth-order valence-corrected chi connectivity index (χ4v) is 1.39. The van der Waals surface area contributed by atoms with Crippen molar-refractivity contribution in [2.24, 2.45) is 0 Å². The van der Waals surface area contributed by atoms with Gasteiger partial charge < -0.3 is 4.74 Å². The first-order chi connectivity index (χ1) is 6.38. The van der Waals surface area contributed by atoms with Gasteiger partial charge in [-0.2, -0.15) is 0 Å². The highest BCUT2D eigenvalue weighted by molar-refractivity contribution is 6.17. The lowest BCUT2D eigenvalue weighted by molar-refractivity contribution is 0.383. The molecule has 0 N–H and O–H groups in total. The van der Waals surface area contributed by atoms with Gasteiger partial charge in [0, 0.05) is 0 Å². The Morgan fingerprint density at radius 3 is 2.77 bits per heavy atom. The fourth-order valence-electron chi connectivity index (χ4n) is 1.28. The van der Waals surface area contributed by atoms with Crippen LogP contribution in [0.3, 0.4) is 0 Å². The van der Waals surface area contributed by atoms with Crippen LogP contribution < -0.4 is 4.74 Å². The molecule has 72 valence electrons. The van der Waals surface area contributed by atoms with Crippen molar-refractivity contribution in [3.05, 3.63) is 29.8 Å². The summed E-state index contributed by atoms with van der Waals surface area (Å²) in [6.07, 6.45) is 3.47. The normalized spacial score (nSPS) is 10.0. The molecule has 1 rings (SSSR count). The molecule has 1 nitrogen and oxygen atoms in total. The van der Waals surface area contributed by atoms with E-state index in [0.29, 0.717) is 0 Å². The number of aryl methyl sites for hydroxylation is 1. The van der Waals surface area contributed by atoms with Gasteiger partial charge in [0.05, 0.1) is 0 Å². The Bertz CT molecular complexity index is 248. The van der Waals surface area contributed by atoms with Crippen molar-refractivity contribution < 1.29 is 4.74 Å². The molecule has 2 heteroatoms. The van der Waals surface area contributed by atoms with Gasteiger partial charge in [-0.1, -0.05) is 43.1 Å². The van der Waals surface area contributed by atoms with Gasteiger partial charge in [-0.15, -0.1) is 0 Å². The van der Waals surface area contributed by atoms with E-state index in [9.17, 15) is 0 Å². The van der Waals surface area contributed by atoms with E-state index in [-0.39, 0.29) is 6.07 Å². The molecule has 0 heterocycles. The molecule has 13 heavy (non-hydrogen) atoms. The number of unbranched alkanes of at least 4 members (excludes halogenated alkanes) is 1. The Morgan fingerprint density at radius 1 is 1.31 bits per heavy atom. The lowest BCUT2D eigenvalue weighted by atomic mass is 10.1. The highest BCUT2D eigenvalue weighted by atomic mass is 35.5. The van der Waals surface area contributed by atoms with Crippen LogP contribution in [0.4, 0.5) is 0 Å². The van der Waals surface area contributed by atoms with Crippen molar-refractivity contribution in [2.75, 3.05) is 6.07 Å². The van der Waals surface area contributed by atoms with Crippen LogP contribution in [-0.4, -0.2) is 6.07 Å². The highest BCUT2D eigenvalue weighted by Gasteiger charge is 2.00. The number of para-hydroxylation sites is 1. The lowest BCUT2D eigenvalue weighted by Crippen LogP contribution is -1.94. The largest absolute Gasteiger partial charge is 0.478 e. The van der Waals surface area contributed by atoms with Crippen molar-refractivity contribution in [1.29, 1.82) is 0 Å². The average molecular weight is 199 g/mol. The molecule has 0 aliphatic rings. The molecule has 0 bridgehead atoms. The van der Waals surface area contributed by atoms with Gasteiger partial charge in [-0.3, -0.25) is 0 Å². The van der Waals surface area contributed by atoms with Crippen LogP contribution in [-0.2, 0) is 6.42 Å². The summed E-state index contributed by atoms with van der Waals surface area (Å²) >= 11 is 5.52. The third kappa shape index (κ3) is 3.27. The number of hydrogen-bond donors (Lipinski definition) is 0. The minimum atomic E-state index is 0.225. The predicted octanol–water partition coefficient (Wildman–Crippen LogP) is 3.60. The minimum absolute atomic E-state index is 0.225. The van der Waals surface area contributed by atoms with E-state index in [1.165, 1.54) is 18.4 Å². The second kappa shape index (κ2) is 5.87. The maximum atomic E-state index is 5.52. The first-order valence-corrected chi connectivity index (χ1v) is 5.18. The number of hydrogen-bond acceptors (Lipinski definition) is 1. The van der Waals surface area contributed by atoms with Gasteiger partial charge in [0.2, 0.25) is 0 Å². The van der Waals surface area contributed by atoms with Crippen LogP contribution in [0, 0.1) is 0 Å². The van der Waals surface area contributed by atoms with Gasteiger partial charge in [0.1, 0.15) is 5.75 Å².